The Kier molecular flexibility index (Phi) is 3.71. The van der Waals surface area contributed by atoms with Crippen LogP contribution >= 0.6 is 0 Å². The Morgan fingerprint density at radius 2 is 2.04 bits per heavy atom. The van der Waals surface area contributed by atoms with Crippen LogP contribution in [0.25, 0.3) is 0 Å². The van der Waals surface area contributed by atoms with Gasteiger partial charge in [-0.3, -0.25) is 9.78 Å². The molecule has 0 radical (unpaired) electrons. The molecule has 0 bridgehead atoms. The van der Waals surface area contributed by atoms with Crippen LogP contribution < -0.4 is 4.90 Å². The third-order valence-electron chi connectivity index (χ3n) is 5.44. The van der Waals surface area contributed by atoms with E-state index in [1.807, 2.05) is 4.90 Å². The number of hydrogen-bond donors (Lipinski definition) is 0. The molecule has 3 aliphatic rings. The molecule has 6 heteroatoms. The van der Waals surface area contributed by atoms with Crippen molar-refractivity contribution in [1.82, 2.24) is 14.9 Å². The van der Waals surface area contributed by atoms with Crippen molar-refractivity contribution < 1.29 is 9.53 Å². The summed E-state index contributed by atoms with van der Waals surface area (Å²) < 4.78 is 5.67. The number of nitrogens with zero attached hydrogens (tertiary/aromatic N) is 4. The summed E-state index contributed by atoms with van der Waals surface area (Å²) >= 11 is 0. The van der Waals surface area contributed by atoms with E-state index in [0.717, 1.165) is 18.9 Å². The summed E-state index contributed by atoms with van der Waals surface area (Å²) in [5.74, 6) is 1.38. The van der Waals surface area contributed by atoms with Gasteiger partial charge >= 0.3 is 0 Å². The Labute approximate surface area is 136 Å². The monoisotopic (exact) mass is 316 g/mol. The number of morpholine rings is 1. The minimum Gasteiger partial charge on any atom is -0.377 e. The summed E-state index contributed by atoms with van der Waals surface area (Å²) in [5.41, 5.74) is 0.267. The standard InChI is InChI=1S/C17H24N4O2/c1-17(13-4-5-13)12-23-9-8-21(17)16(22)14-10-18-11-15(19-14)20-6-2-3-7-20/h10-11,13H,2-9,12H2,1H3/t17-/m0/s1. The molecule has 3 fully saturated rings. The number of rotatable bonds is 3. The first-order valence-electron chi connectivity index (χ1n) is 8.65. The van der Waals surface area contributed by atoms with Crippen LogP contribution in [0.5, 0.6) is 0 Å². The molecule has 1 saturated carbocycles. The molecule has 2 aliphatic heterocycles. The third-order valence-corrected chi connectivity index (χ3v) is 5.44. The van der Waals surface area contributed by atoms with Gasteiger partial charge in [0.25, 0.3) is 5.91 Å². The van der Waals surface area contributed by atoms with Gasteiger partial charge in [-0.05, 0) is 38.5 Å². The van der Waals surface area contributed by atoms with Gasteiger partial charge in [-0.1, -0.05) is 0 Å². The Hall–Kier alpha value is -1.69. The third kappa shape index (κ3) is 2.69. The predicted molar refractivity (Wildman–Crippen MR) is 86.5 cm³/mol. The van der Waals surface area contributed by atoms with Crippen LogP contribution in [0, 0.1) is 5.92 Å². The average molecular weight is 316 g/mol. The van der Waals surface area contributed by atoms with Crippen LogP contribution in [-0.4, -0.2) is 59.2 Å². The highest BCUT2D eigenvalue weighted by atomic mass is 16.5. The molecule has 6 nitrogen and oxygen atoms in total. The molecular formula is C17H24N4O2. The van der Waals surface area contributed by atoms with E-state index in [4.69, 9.17) is 4.74 Å². The minimum absolute atomic E-state index is 0.00348. The van der Waals surface area contributed by atoms with Gasteiger partial charge in [0, 0.05) is 19.6 Å². The molecule has 1 amide bonds. The van der Waals surface area contributed by atoms with Crippen LogP contribution in [0.1, 0.15) is 43.1 Å². The topological polar surface area (TPSA) is 58.6 Å². The second kappa shape index (κ2) is 5.74. The number of carbonyl (C=O) groups excluding carboxylic acids is 1. The van der Waals surface area contributed by atoms with Gasteiger partial charge in [0.05, 0.1) is 31.1 Å². The molecule has 4 rings (SSSR count). The number of anilines is 1. The van der Waals surface area contributed by atoms with Crippen LogP contribution in [0.2, 0.25) is 0 Å². The zero-order valence-electron chi connectivity index (χ0n) is 13.7. The fraction of sp³-hybridized carbons (Fsp3) is 0.706. The lowest BCUT2D eigenvalue weighted by atomic mass is 9.92. The largest absolute Gasteiger partial charge is 0.377 e. The molecule has 2 saturated heterocycles. The summed E-state index contributed by atoms with van der Waals surface area (Å²) in [6.45, 7) is 6.03. The molecule has 0 N–H and O–H groups in total. The lowest BCUT2D eigenvalue weighted by Gasteiger charge is -2.45. The fourth-order valence-electron chi connectivity index (χ4n) is 3.84. The molecule has 1 aliphatic carbocycles. The molecule has 124 valence electrons. The zero-order valence-corrected chi connectivity index (χ0v) is 13.7. The first-order valence-corrected chi connectivity index (χ1v) is 8.65. The van der Waals surface area contributed by atoms with Crippen molar-refractivity contribution in [2.24, 2.45) is 5.92 Å². The number of ether oxygens (including phenoxy) is 1. The van der Waals surface area contributed by atoms with Crippen molar-refractivity contribution in [2.45, 2.75) is 38.1 Å². The second-order valence-electron chi connectivity index (χ2n) is 7.10. The summed E-state index contributed by atoms with van der Waals surface area (Å²) in [7, 11) is 0. The lowest BCUT2D eigenvalue weighted by Crippen LogP contribution is -2.58. The van der Waals surface area contributed by atoms with E-state index in [0.29, 0.717) is 31.4 Å². The minimum atomic E-state index is -0.194. The van der Waals surface area contributed by atoms with Crippen molar-refractivity contribution in [3.63, 3.8) is 0 Å². The fourth-order valence-corrected chi connectivity index (χ4v) is 3.84. The Balaban J connectivity index is 1.59. The molecule has 3 heterocycles. The van der Waals surface area contributed by atoms with E-state index >= 15 is 0 Å². The Morgan fingerprint density at radius 3 is 2.78 bits per heavy atom. The normalized spacial score (nSPS) is 28.2. The smallest absolute Gasteiger partial charge is 0.274 e. The quantitative estimate of drug-likeness (QED) is 0.850. The summed E-state index contributed by atoms with van der Waals surface area (Å²) in [6, 6.07) is 0. The molecule has 0 spiro atoms. The molecule has 0 unspecified atom stereocenters. The van der Waals surface area contributed by atoms with Crippen molar-refractivity contribution in [3.8, 4) is 0 Å². The second-order valence-corrected chi connectivity index (χ2v) is 7.10. The van der Waals surface area contributed by atoms with E-state index in [2.05, 4.69) is 21.8 Å². The maximum Gasteiger partial charge on any atom is 0.274 e. The molecule has 1 aromatic rings. The van der Waals surface area contributed by atoms with Crippen LogP contribution in [0.4, 0.5) is 5.82 Å². The lowest BCUT2D eigenvalue weighted by molar-refractivity contribution is -0.0549. The van der Waals surface area contributed by atoms with Gasteiger partial charge in [0.15, 0.2) is 0 Å². The van der Waals surface area contributed by atoms with E-state index < -0.39 is 0 Å². The van der Waals surface area contributed by atoms with Gasteiger partial charge in [0.2, 0.25) is 0 Å². The molecule has 0 aromatic carbocycles. The van der Waals surface area contributed by atoms with Gasteiger partial charge in [-0.25, -0.2) is 4.98 Å². The zero-order chi connectivity index (χ0) is 15.9. The Morgan fingerprint density at radius 1 is 1.26 bits per heavy atom. The van der Waals surface area contributed by atoms with Crippen molar-refractivity contribution in [1.29, 1.82) is 0 Å². The molecule has 23 heavy (non-hydrogen) atoms. The van der Waals surface area contributed by atoms with Crippen molar-refractivity contribution in [2.75, 3.05) is 37.7 Å². The van der Waals surface area contributed by atoms with Gasteiger partial charge in [-0.15, -0.1) is 0 Å². The van der Waals surface area contributed by atoms with Gasteiger partial charge < -0.3 is 14.5 Å². The number of aromatic nitrogens is 2. The first-order chi connectivity index (χ1) is 11.2. The number of carbonyl (C=O) groups is 1. The molecule has 1 aromatic heterocycles. The van der Waals surface area contributed by atoms with E-state index in [1.165, 1.54) is 25.7 Å². The highest BCUT2D eigenvalue weighted by Crippen LogP contribution is 2.44. The van der Waals surface area contributed by atoms with Gasteiger partial charge in [-0.2, -0.15) is 0 Å². The molecule has 1 atom stereocenters. The van der Waals surface area contributed by atoms with Crippen LogP contribution in [-0.2, 0) is 4.74 Å². The predicted octanol–water partition coefficient (Wildman–Crippen LogP) is 1.72. The summed E-state index contributed by atoms with van der Waals surface area (Å²) in [6.07, 6.45) is 8.10. The summed E-state index contributed by atoms with van der Waals surface area (Å²) in [4.78, 5) is 26.1. The molecular weight excluding hydrogens is 292 g/mol. The van der Waals surface area contributed by atoms with E-state index in [1.54, 1.807) is 12.4 Å². The van der Waals surface area contributed by atoms with Crippen LogP contribution in [0.15, 0.2) is 12.4 Å². The highest BCUT2D eigenvalue weighted by molar-refractivity contribution is 5.93. The maximum atomic E-state index is 13.1. The van der Waals surface area contributed by atoms with Crippen molar-refractivity contribution in [3.05, 3.63) is 18.1 Å². The van der Waals surface area contributed by atoms with Gasteiger partial charge in [0.1, 0.15) is 11.5 Å². The van der Waals surface area contributed by atoms with Crippen LogP contribution in [0.3, 0.4) is 0 Å². The Bertz CT molecular complexity index is 598. The van der Waals surface area contributed by atoms with Crippen molar-refractivity contribution >= 4 is 11.7 Å². The number of hydrogen-bond acceptors (Lipinski definition) is 5. The SMILES string of the molecule is C[C@@]1(C2CC2)COCCN1C(=O)c1cncc(N2CCCC2)n1. The maximum absolute atomic E-state index is 13.1. The average Bonchev–Trinajstić information content (AvgIpc) is 3.31. The number of amides is 1. The first kappa shape index (κ1) is 14.9. The van der Waals surface area contributed by atoms with E-state index in [9.17, 15) is 4.79 Å². The summed E-state index contributed by atoms with van der Waals surface area (Å²) in [5, 5.41) is 0. The highest BCUT2D eigenvalue weighted by Gasteiger charge is 2.49. The van der Waals surface area contributed by atoms with E-state index in [-0.39, 0.29) is 11.4 Å².